The zero-order chi connectivity index (χ0) is 14.2. The number of carbonyl (C=O) groups excluding carboxylic acids is 1. The fraction of sp³-hybridized carbons (Fsp3) is 0.154. The highest BCUT2D eigenvalue weighted by molar-refractivity contribution is 5.93. The largest absolute Gasteiger partial charge is 0.333 e. The van der Waals surface area contributed by atoms with Crippen LogP contribution in [0.1, 0.15) is 22.8 Å². The Balaban J connectivity index is 2.86. The van der Waals surface area contributed by atoms with Crippen molar-refractivity contribution in [3.8, 4) is 5.69 Å². The highest BCUT2D eigenvalue weighted by Gasteiger charge is 2.14. The molecule has 0 aliphatic carbocycles. The minimum Gasteiger partial charge on any atom is -0.313 e. The first-order valence-corrected chi connectivity index (χ1v) is 5.54. The molecule has 0 saturated heterocycles. The first kappa shape index (κ1) is 12.9. The van der Waals surface area contributed by atoms with Gasteiger partial charge in [0.15, 0.2) is 5.78 Å². The van der Waals surface area contributed by atoms with E-state index in [0.717, 1.165) is 16.8 Å². The molecule has 0 fully saturated rings. The van der Waals surface area contributed by atoms with Gasteiger partial charge in [0.1, 0.15) is 5.82 Å². The Bertz CT molecular complexity index is 774. The molecule has 1 aromatic heterocycles. The number of nitrogens with zero attached hydrogens (tertiary/aromatic N) is 1. The van der Waals surface area contributed by atoms with Crippen LogP contribution in [0.2, 0.25) is 0 Å². The number of halogens is 1. The van der Waals surface area contributed by atoms with Crippen molar-refractivity contribution in [1.82, 2.24) is 9.55 Å². The SMILES string of the molecule is CC(=O)c1c[nH]c(=O)n(-c2cc(F)ccc2C)c1=O. The third-order valence-corrected chi connectivity index (χ3v) is 2.77. The van der Waals surface area contributed by atoms with E-state index in [1.165, 1.54) is 19.1 Å². The molecule has 0 bridgehead atoms. The summed E-state index contributed by atoms with van der Waals surface area (Å²) in [5.41, 5.74) is -0.957. The zero-order valence-corrected chi connectivity index (χ0v) is 10.4. The van der Waals surface area contributed by atoms with E-state index in [9.17, 15) is 18.8 Å². The molecule has 0 atom stereocenters. The van der Waals surface area contributed by atoms with Crippen LogP contribution in [0.15, 0.2) is 34.0 Å². The number of carbonyl (C=O) groups is 1. The van der Waals surface area contributed by atoms with Crippen molar-refractivity contribution >= 4 is 5.78 Å². The normalized spacial score (nSPS) is 10.5. The van der Waals surface area contributed by atoms with Gasteiger partial charge in [-0.25, -0.2) is 13.8 Å². The summed E-state index contributed by atoms with van der Waals surface area (Å²) in [6.45, 7) is 2.86. The summed E-state index contributed by atoms with van der Waals surface area (Å²) in [6, 6.07) is 3.76. The molecule has 2 aromatic rings. The fourth-order valence-corrected chi connectivity index (χ4v) is 1.77. The van der Waals surface area contributed by atoms with E-state index >= 15 is 0 Å². The second-order valence-electron chi connectivity index (χ2n) is 4.14. The monoisotopic (exact) mass is 262 g/mol. The van der Waals surface area contributed by atoms with Crippen LogP contribution >= 0.6 is 0 Å². The summed E-state index contributed by atoms with van der Waals surface area (Å²) in [5, 5.41) is 0. The average Bonchev–Trinajstić information content (AvgIpc) is 2.33. The second kappa shape index (κ2) is 4.64. The lowest BCUT2D eigenvalue weighted by molar-refractivity contribution is 0.101. The summed E-state index contributed by atoms with van der Waals surface area (Å²) < 4.78 is 14.0. The van der Waals surface area contributed by atoms with Crippen LogP contribution in [-0.2, 0) is 0 Å². The average molecular weight is 262 g/mol. The zero-order valence-electron chi connectivity index (χ0n) is 10.4. The van der Waals surface area contributed by atoms with Crippen LogP contribution in [0.25, 0.3) is 5.69 Å². The van der Waals surface area contributed by atoms with E-state index in [1.54, 1.807) is 6.92 Å². The third-order valence-electron chi connectivity index (χ3n) is 2.77. The lowest BCUT2D eigenvalue weighted by Gasteiger charge is -2.08. The van der Waals surface area contributed by atoms with Crippen molar-refractivity contribution in [3.05, 3.63) is 62.2 Å². The van der Waals surface area contributed by atoms with Gasteiger partial charge < -0.3 is 4.98 Å². The van der Waals surface area contributed by atoms with Crippen LogP contribution in [0, 0.1) is 12.7 Å². The number of aromatic nitrogens is 2. The molecule has 19 heavy (non-hydrogen) atoms. The van der Waals surface area contributed by atoms with Crippen molar-refractivity contribution in [2.75, 3.05) is 0 Å². The number of aromatic amines is 1. The number of rotatable bonds is 2. The van der Waals surface area contributed by atoms with E-state index in [0.29, 0.717) is 5.56 Å². The fourth-order valence-electron chi connectivity index (χ4n) is 1.77. The molecule has 0 radical (unpaired) electrons. The van der Waals surface area contributed by atoms with Crippen molar-refractivity contribution in [3.63, 3.8) is 0 Å². The maximum absolute atomic E-state index is 13.3. The van der Waals surface area contributed by atoms with E-state index in [2.05, 4.69) is 4.98 Å². The Labute approximate surface area is 107 Å². The van der Waals surface area contributed by atoms with Crippen molar-refractivity contribution in [1.29, 1.82) is 0 Å². The molecule has 0 aliphatic heterocycles. The number of nitrogens with one attached hydrogen (secondary N) is 1. The van der Waals surface area contributed by atoms with Crippen LogP contribution in [-0.4, -0.2) is 15.3 Å². The minimum absolute atomic E-state index is 0.120. The summed E-state index contributed by atoms with van der Waals surface area (Å²) in [6.07, 6.45) is 1.07. The molecule has 0 saturated carbocycles. The lowest BCUT2D eigenvalue weighted by Crippen LogP contribution is -2.36. The smallest absolute Gasteiger partial charge is 0.313 e. The summed E-state index contributed by atoms with van der Waals surface area (Å²) in [5.74, 6) is -1.04. The van der Waals surface area contributed by atoms with Crippen LogP contribution < -0.4 is 11.2 Å². The summed E-state index contributed by atoms with van der Waals surface area (Å²) in [4.78, 5) is 37.5. The van der Waals surface area contributed by atoms with Crippen molar-refractivity contribution < 1.29 is 9.18 Å². The Hall–Kier alpha value is -2.50. The molecule has 98 valence electrons. The predicted molar refractivity (Wildman–Crippen MR) is 67.4 cm³/mol. The Morgan fingerprint density at radius 3 is 2.63 bits per heavy atom. The quantitative estimate of drug-likeness (QED) is 0.826. The Kier molecular flexibility index (Phi) is 3.16. The van der Waals surface area contributed by atoms with Crippen LogP contribution in [0.4, 0.5) is 4.39 Å². The number of H-pyrrole nitrogens is 1. The number of aryl methyl sites for hydroxylation is 1. The molecule has 1 heterocycles. The molecule has 6 heteroatoms. The van der Waals surface area contributed by atoms with Crippen molar-refractivity contribution in [2.24, 2.45) is 0 Å². The molecule has 0 spiro atoms. The molecular weight excluding hydrogens is 251 g/mol. The van der Waals surface area contributed by atoms with Crippen molar-refractivity contribution in [2.45, 2.75) is 13.8 Å². The first-order valence-electron chi connectivity index (χ1n) is 5.54. The van der Waals surface area contributed by atoms with Gasteiger partial charge in [-0.05, 0) is 31.5 Å². The molecule has 0 aliphatic rings. The summed E-state index contributed by atoms with van der Waals surface area (Å²) >= 11 is 0. The predicted octanol–water partition coefficient (Wildman–Crippen LogP) is 1.18. The maximum atomic E-state index is 13.3. The summed E-state index contributed by atoms with van der Waals surface area (Å²) in [7, 11) is 0. The van der Waals surface area contributed by atoms with Gasteiger partial charge in [-0.3, -0.25) is 9.59 Å². The first-order chi connectivity index (χ1) is 8.91. The standard InChI is InChI=1S/C13H11FN2O3/c1-7-3-4-9(14)5-11(7)16-12(18)10(8(2)17)6-15-13(16)19/h3-6H,1-2H3,(H,15,19). The number of benzene rings is 1. The van der Waals surface area contributed by atoms with Crippen LogP contribution in [0.3, 0.4) is 0 Å². The number of hydrogen-bond donors (Lipinski definition) is 1. The minimum atomic E-state index is -0.759. The topological polar surface area (TPSA) is 71.9 Å². The molecular formula is C13H11FN2O3. The maximum Gasteiger partial charge on any atom is 0.333 e. The molecule has 2 rings (SSSR count). The molecule has 0 unspecified atom stereocenters. The lowest BCUT2D eigenvalue weighted by atomic mass is 10.2. The Morgan fingerprint density at radius 1 is 1.32 bits per heavy atom. The molecule has 0 amide bonds. The number of ketones is 1. The van der Waals surface area contributed by atoms with Gasteiger partial charge in [-0.1, -0.05) is 6.07 Å². The van der Waals surface area contributed by atoms with E-state index in [1.807, 2.05) is 0 Å². The third kappa shape index (κ3) is 2.24. The van der Waals surface area contributed by atoms with E-state index < -0.39 is 22.8 Å². The number of hydrogen-bond acceptors (Lipinski definition) is 3. The molecule has 1 N–H and O–H groups in total. The number of Topliss-reactive ketones (excluding diaryl/α,β-unsaturated/α-hetero) is 1. The van der Waals surface area contributed by atoms with Gasteiger partial charge >= 0.3 is 5.69 Å². The van der Waals surface area contributed by atoms with Gasteiger partial charge in [0.05, 0.1) is 11.3 Å². The van der Waals surface area contributed by atoms with Gasteiger partial charge in [-0.2, -0.15) is 0 Å². The second-order valence-corrected chi connectivity index (χ2v) is 4.14. The van der Waals surface area contributed by atoms with E-state index in [-0.39, 0.29) is 11.3 Å². The van der Waals surface area contributed by atoms with E-state index in [4.69, 9.17) is 0 Å². The van der Waals surface area contributed by atoms with Crippen LogP contribution in [0.5, 0.6) is 0 Å². The van der Waals surface area contributed by atoms with Gasteiger partial charge in [0, 0.05) is 6.20 Å². The van der Waals surface area contributed by atoms with Gasteiger partial charge in [0.25, 0.3) is 5.56 Å². The Morgan fingerprint density at radius 2 is 2.00 bits per heavy atom. The highest BCUT2D eigenvalue weighted by Crippen LogP contribution is 2.12. The highest BCUT2D eigenvalue weighted by atomic mass is 19.1. The van der Waals surface area contributed by atoms with Gasteiger partial charge in [0.2, 0.25) is 0 Å². The van der Waals surface area contributed by atoms with Gasteiger partial charge in [-0.15, -0.1) is 0 Å². The molecule has 1 aromatic carbocycles. The molecule has 5 nitrogen and oxygen atoms in total.